The zero-order valence-electron chi connectivity index (χ0n) is 12.1. The lowest BCUT2D eigenvalue weighted by molar-refractivity contribution is 0.155. The first kappa shape index (κ1) is 15.8. The van der Waals surface area contributed by atoms with E-state index >= 15 is 0 Å². The van der Waals surface area contributed by atoms with Gasteiger partial charge in [0.1, 0.15) is 11.5 Å². The third-order valence-electron chi connectivity index (χ3n) is 2.80. The summed E-state index contributed by atoms with van der Waals surface area (Å²) in [5.74, 6) is 1.68. The highest BCUT2D eigenvalue weighted by Gasteiger charge is 2.06. The van der Waals surface area contributed by atoms with Gasteiger partial charge in [0.25, 0.3) is 0 Å². The highest BCUT2D eigenvalue weighted by Crippen LogP contribution is 2.24. The van der Waals surface area contributed by atoms with Crippen molar-refractivity contribution in [3.8, 4) is 11.5 Å². The molecule has 19 heavy (non-hydrogen) atoms. The van der Waals surface area contributed by atoms with Gasteiger partial charge < -0.3 is 19.9 Å². The molecule has 0 radical (unpaired) electrons. The van der Waals surface area contributed by atoms with Crippen LogP contribution in [0.1, 0.15) is 32.3 Å². The molecule has 1 atom stereocenters. The van der Waals surface area contributed by atoms with Gasteiger partial charge in [-0.05, 0) is 38.1 Å². The molecule has 4 heteroatoms. The normalized spacial score (nSPS) is 12.2. The zero-order valence-corrected chi connectivity index (χ0v) is 12.1. The van der Waals surface area contributed by atoms with E-state index in [9.17, 15) is 5.11 Å². The maximum atomic E-state index is 9.24. The Balaban J connectivity index is 2.65. The lowest BCUT2D eigenvalue weighted by Gasteiger charge is -2.14. The number of benzene rings is 1. The average Bonchev–Trinajstić information content (AvgIpc) is 2.40. The molecule has 0 saturated heterocycles. The summed E-state index contributed by atoms with van der Waals surface area (Å²) in [7, 11) is 1.66. The standard InChI is InChI=1S/C15H25NO3/c1-4-8-16-11-13-10-14(18-3)5-6-15(13)19-9-7-12(2)17/h5-6,10,12,16-17H,4,7-9,11H2,1-3H3. The van der Waals surface area contributed by atoms with Crippen LogP contribution >= 0.6 is 0 Å². The molecule has 0 aliphatic heterocycles. The van der Waals surface area contributed by atoms with E-state index in [0.29, 0.717) is 13.0 Å². The molecular weight excluding hydrogens is 242 g/mol. The van der Waals surface area contributed by atoms with Gasteiger partial charge in [0.05, 0.1) is 19.8 Å². The Morgan fingerprint density at radius 2 is 2.16 bits per heavy atom. The molecule has 2 N–H and O–H groups in total. The second-order valence-corrected chi connectivity index (χ2v) is 4.64. The van der Waals surface area contributed by atoms with Gasteiger partial charge in [-0.15, -0.1) is 0 Å². The van der Waals surface area contributed by atoms with Gasteiger partial charge in [-0.1, -0.05) is 6.92 Å². The summed E-state index contributed by atoms with van der Waals surface area (Å²) < 4.78 is 11.0. The Kier molecular flexibility index (Phi) is 7.30. The van der Waals surface area contributed by atoms with Crippen molar-refractivity contribution in [1.82, 2.24) is 5.32 Å². The van der Waals surface area contributed by atoms with Gasteiger partial charge in [-0.3, -0.25) is 0 Å². The monoisotopic (exact) mass is 267 g/mol. The van der Waals surface area contributed by atoms with Crippen molar-refractivity contribution in [2.75, 3.05) is 20.3 Å². The Hall–Kier alpha value is -1.26. The van der Waals surface area contributed by atoms with Crippen molar-refractivity contribution in [1.29, 1.82) is 0 Å². The minimum absolute atomic E-state index is 0.333. The minimum Gasteiger partial charge on any atom is -0.497 e. The molecule has 1 aromatic rings. The van der Waals surface area contributed by atoms with E-state index in [4.69, 9.17) is 9.47 Å². The lowest BCUT2D eigenvalue weighted by atomic mass is 10.2. The fourth-order valence-electron chi connectivity index (χ4n) is 1.70. The topological polar surface area (TPSA) is 50.7 Å². The molecular formula is C15H25NO3. The molecule has 1 unspecified atom stereocenters. The SMILES string of the molecule is CCCNCc1cc(OC)ccc1OCCC(C)O. The predicted molar refractivity (Wildman–Crippen MR) is 76.8 cm³/mol. The van der Waals surface area contributed by atoms with Crippen LogP contribution in [0.2, 0.25) is 0 Å². The Morgan fingerprint density at radius 1 is 1.37 bits per heavy atom. The highest BCUT2D eigenvalue weighted by atomic mass is 16.5. The molecule has 0 aromatic heterocycles. The Bertz CT molecular complexity index is 366. The van der Waals surface area contributed by atoms with Gasteiger partial charge in [-0.25, -0.2) is 0 Å². The fraction of sp³-hybridized carbons (Fsp3) is 0.600. The van der Waals surface area contributed by atoms with Gasteiger partial charge in [0.2, 0.25) is 0 Å². The van der Waals surface area contributed by atoms with Crippen LogP contribution < -0.4 is 14.8 Å². The van der Waals surface area contributed by atoms with E-state index in [-0.39, 0.29) is 6.10 Å². The summed E-state index contributed by atoms with van der Waals surface area (Å²) >= 11 is 0. The number of nitrogens with one attached hydrogen (secondary N) is 1. The number of hydrogen-bond acceptors (Lipinski definition) is 4. The summed E-state index contributed by atoms with van der Waals surface area (Å²) in [6.45, 7) is 6.16. The van der Waals surface area contributed by atoms with Crippen LogP contribution in [-0.2, 0) is 6.54 Å². The van der Waals surface area contributed by atoms with Gasteiger partial charge in [0, 0.05) is 18.5 Å². The van der Waals surface area contributed by atoms with Crippen LogP contribution in [0.15, 0.2) is 18.2 Å². The van der Waals surface area contributed by atoms with E-state index in [1.807, 2.05) is 18.2 Å². The number of aliphatic hydroxyl groups excluding tert-OH is 1. The Morgan fingerprint density at radius 3 is 2.79 bits per heavy atom. The largest absolute Gasteiger partial charge is 0.497 e. The summed E-state index contributed by atoms with van der Waals surface area (Å²) in [6, 6.07) is 5.80. The molecule has 0 bridgehead atoms. The number of ether oxygens (including phenoxy) is 2. The number of aliphatic hydroxyl groups is 1. The van der Waals surface area contributed by atoms with Gasteiger partial charge in [-0.2, -0.15) is 0 Å². The van der Waals surface area contributed by atoms with Crippen LogP contribution in [0.4, 0.5) is 0 Å². The minimum atomic E-state index is -0.333. The first-order valence-electron chi connectivity index (χ1n) is 6.85. The van der Waals surface area contributed by atoms with Crippen LogP contribution in [0, 0.1) is 0 Å². The average molecular weight is 267 g/mol. The van der Waals surface area contributed by atoms with Crippen LogP contribution in [0.5, 0.6) is 11.5 Å². The van der Waals surface area contributed by atoms with Crippen molar-refractivity contribution in [3.05, 3.63) is 23.8 Å². The van der Waals surface area contributed by atoms with Crippen molar-refractivity contribution < 1.29 is 14.6 Å². The molecule has 1 aromatic carbocycles. The first-order chi connectivity index (χ1) is 9.17. The van der Waals surface area contributed by atoms with E-state index < -0.39 is 0 Å². The second-order valence-electron chi connectivity index (χ2n) is 4.64. The summed E-state index contributed by atoms with van der Waals surface area (Å²) in [4.78, 5) is 0. The van der Waals surface area contributed by atoms with Crippen LogP contribution in [-0.4, -0.2) is 31.5 Å². The van der Waals surface area contributed by atoms with Crippen molar-refractivity contribution in [3.63, 3.8) is 0 Å². The van der Waals surface area contributed by atoms with Crippen molar-refractivity contribution >= 4 is 0 Å². The van der Waals surface area contributed by atoms with Crippen molar-refractivity contribution in [2.24, 2.45) is 0 Å². The highest BCUT2D eigenvalue weighted by molar-refractivity contribution is 5.40. The number of methoxy groups -OCH3 is 1. The molecule has 0 fully saturated rings. The molecule has 0 saturated carbocycles. The second kappa shape index (κ2) is 8.77. The maximum absolute atomic E-state index is 9.24. The van der Waals surface area contributed by atoms with Gasteiger partial charge >= 0.3 is 0 Å². The predicted octanol–water partition coefficient (Wildman–Crippen LogP) is 2.34. The first-order valence-corrected chi connectivity index (χ1v) is 6.85. The third-order valence-corrected chi connectivity index (χ3v) is 2.80. The molecule has 108 valence electrons. The fourth-order valence-corrected chi connectivity index (χ4v) is 1.70. The zero-order chi connectivity index (χ0) is 14.1. The molecule has 0 aliphatic rings. The van der Waals surface area contributed by atoms with Crippen LogP contribution in [0.3, 0.4) is 0 Å². The summed E-state index contributed by atoms with van der Waals surface area (Å²) in [6.07, 6.45) is 1.40. The number of rotatable bonds is 9. The van der Waals surface area contributed by atoms with E-state index in [1.165, 1.54) is 0 Å². The molecule has 4 nitrogen and oxygen atoms in total. The molecule has 0 heterocycles. The van der Waals surface area contributed by atoms with Gasteiger partial charge in [0.15, 0.2) is 0 Å². The summed E-state index contributed by atoms with van der Waals surface area (Å²) in [5, 5.41) is 12.6. The third kappa shape index (κ3) is 5.94. The Labute approximate surface area is 115 Å². The van der Waals surface area contributed by atoms with E-state index in [2.05, 4.69) is 12.2 Å². The van der Waals surface area contributed by atoms with Crippen molar-refractivity contribution in [2.45, 2.75) is 39.3 Å². The quantitative estimate of drug-likeness (QED) is 0.674. The number of hydrogen-bond donors (Lipinski definition) is 2. The maximum Gasteiger partial charge on any atom is 0.124 e. The molecule has 0 aliphatic carbocycles. The summed E-state index contributed by atoms with van der Waals surface area (Å²) in [5.41, 5.74) is 1.08. The lowest BCUT2D eigenvalue weighted by Crippen LogP contribution is -2.15. The van der Waals surface area contributed by atoms with Crippen LogP contribution in [0.25, 0.3) is 0 Å². The van der Waals surface area contributed by atoms with E-state index in [0.717, 1.165) is 36.6 Å². The molecule has 0 amide bonds. The smallest absolute Gasteiger partial charge is 0.124 e. The molecule has 1 rings (SSSR count). The molecule has 0 spiro atoms. The van der Waals surface area contributed by atoms with E-state index in [1.54, 1.807) is 14.0 Å².